The molecule has 0 amide bonds. The van der Waals surface area contributed by atoms with Gasteiger partial charge < -0.3 is 21.7 Å². The third-order valence-corrected chi connectivity index (χ3v) is 3.14. The summed E-state index contributed by atoms with van der Waals surface area (Å²) in [6, 6.07) is 10.1. The summed E-state index contributed by atoms with van der Waals surface area (Å²) in [4.78, 5) is 0. The monoisotopic (exact) mass is 240 g/mol. The fraction of sp³-hybridized carbons (Fsp3) is 0. The van der Waals surface area contributed by atoms with Crippen LogP contribution >= 0.6 is 0 Å². The molecular weight excluding hydrogens is 228 g/mol. The molecule has 0 spiro atoms. The maximum atomic E-state index is 10.3. The van der Waals surface area contributed by atoms with E-state index in [-0.39, 0.29) is 11.5 Å². The van der Waals surface area contributed by atoms with Gasteiger partial charge in [-0.15, -0.1) is 0 Å². The number of hydrogen-bond donors (Lipinski definition) is 4. The number of anilines is 2. The van der Waals surface area contributed by atoms with Crippen LogP contribution in [0.4, 0.5) is 11.4 Å². The summed E-state index contributed by atoms with van der Waals surface area (Å²) in [5.41, 5.74) is 12.5. The Balaban J connectivity index is 2.66. The van der Waals surface area contributed by atoms with Crippen LogP contribution in [-0.4, -0.2) is 10.2 Å². The number of phenols is 2. The molecule has 3 aromatic rings. The van der Waals surface area contributed by atoms with Crippen molar-refractivity contribution < 1.29 is 10.2 Å². The summed E-state index contributed by atoms with van der Waals surface area (Å²) in [5.74, 6) is 0.147. The van der Waals surface area contributed by atoms with E-state index in [4.69, 9.17) is 11.5 Å². The molecule has 0 fully saturated rings. The van der Waals surface area contributed by atoms with Crippen molar-refractivity contribution in [3.63, 3.8) is 0 Å². The summed E-state index contributed by atoms with van der Waals surface area (Å²) in [6.45, 7) is 0. The molecule has 90 valence electrons. The first kappa shape index (κ1) is 10.5. The van der Waals surface area contributed by atoms with Crippen molar-refractivity contribution in [2.75, 3.05) is 11.5 Å². The van der Waals surface area contributed by atoms with Crippen molar-refractivity contribution in [3.8, 4) is 11.5 Å². The fourth-order valence-corrected chi connectivity index (χ4v) is 2.28. The van der Waals surface area contributed by atoms with E-state index in [9.17, 15) is 10.2 Å². The Morgan fingerprint density at radius 1 is 0.778 bits per heavy atom. The summed E-state index contributed by atoms with van der Waals surface area (Å²) in [7, 11) is 0. The van der Waals surface area contributed by atoms with E-state index >= 15 is 0 Å². The Labute approximate surface area is 103 Å². The molecule has 0 atom stereocenters. The molecule has 0 heterocycles. The van der Waals surface area contributed by atoms with E-state index in [1.54, 1.807) is 36.4 Å². The van der Waals surface area contributed by atoms with Gasteiger partial charge >= 0.3 is 0 Å². The lowest BCUT2D eigenvalue weighted by Crippen LogP contribution is -1.90. The summed E-state index contributed by atoms with van der Waals surface area (Å²) < 4.78 is 0. The zero-order valence-electron chi connectivity index (χ0n) is 9.51. The highest BCUT2D eigenvalue weighted by molar-refractivity contribution is 6.14. The van der Waals surface area contributed by atoms with Crippen LogP contribution in [0.15, 0.2) is 36.4 Å². The average molecular weight is 240 g/mol. The lowest BCUT2D eigenvalue weighted by molar-refractivity contribution is 0.478. The van der Waals surface area contributed by atoms with Gasteiger partial charge in [0.05, 0.1) is 5.39 Å². The second kappa shape index (κ2) is 3.43. The molecule has 0 aliphatic carbocycles. The Bertz CT molecular complexity index is 782. The third kappa shape index (κ3) is 1.26. The second-order valence-corrected chi connectivity index (χ2v) is 4.27. The Kier molecular flexibility index (Phi) is 2.01. The number of phenolic OH excluding ortho intramolecular Hbond substituents is 2. The topological polar surface area (TPSA) is 92.5 Å². The maximum absolute atomic E-state index is 10.3. The fourth-order valence-electron chi connectivity index (χ4n) is 2.28. The van der Waals surface area contributed by atoms with Crippen LogP contribution in [0.1, 0.15) is 0 Å². The smallest absolute Gasteiger partial charge is 0.133 e. The predicted octanol–water partition coefficient (Wildman–Crippen LogP) is 2.57. The number of nitrogens with two attached hydrogens (primary N) is 2. The van der Waals surface area contributed by atoms with Crippen molar-refractivity contribution in [1.82, 2.24) is 0 Å². The van der Waals surface area contributed by atoms with Crippen molar-refractivity contribution in [3.05, 3.63) is 36.4 Å². The number of aromatic hydroxyl groups is 2. The molecule has 0 aromatic heterocycles. The molecule has 4 heteroatoms. The summed E-state index contributed by atoms with van der Waals surface area (Å²) >= 11 is 0. The molecule has 0 bridgehead atoms. The van der Waals surface area contributed by atoms with Crippen LogP contribution < -0.4 is 11.5 Å². The number of nitrogen functional groups attached to an aromatic ring is 2. The largest absolute Gasteiger partial charge is 0.507 e. The molecular formula is C14H12N2O2. The van der Waals surface area contributed by atoms with E-state index in [0.29, 0.717) is 32.9 Å². The molecule has 3 rings (SSSR count). The first-order valence-electron chi connectivity index (χ1n) is 5.51. The third-order valence-electron chi connectivity index (χ3n) is 3.14. The van der Waals surface area contributed by atoms with E-state index in [0.717, 1.165) is 0 Å². The molecule has 4 nitrogen and oxygen atoms in total. The molecule has 0 saturated carbocycles. The number of benzene rings is 3. The minimum Gasteiger partial charge on any atom is -0.507 e. The van der Waals surface area contributed by atoms with Gasteiger partial charge in [0.15, 0.2) is 0 Å². The number of rotatable bonds is 0. The van der Waals surface area contributed by atoms with Crippen LogP contribution in [0.5, 0.6) is 11.5 Å². The molecule has 18 heavy (non-hydrogen) atoms. The van der Waals surface area contributed by atoms with Gasteiger partial charge in [-0.05, 0) is 24.3 Å². The molecule has 0 aliphatic rings. The van der Waals surface area contributed by atoms with Gasteiger partial charge in [0.1, 0.15) is 11.5 Å². The van der Waals surface area contributed by atoms with Gasteiger partial charge in [-0.25, -0.2) is 0 Å². The number of hydrogen-bond acceptors (Lipinski definition) is 4. The SMILES string of the molecule is Nc1ccc2c(O)c3cccc(N)c3c(O)c2c1. The van der Waals surface area contributed by atoms with Crippen molar-refractivity contribution in [2.45, 2.75) is 0 Å². The zero-order chi connectivity index (χ0) is 12.9. The zero-order valence-corrected chi connectivity index (χ0v) is 9.51. The van der Waals surface area contributed by atoms with Gasteiger partial charge in [0.25, 0.3) is 0 Å². The Morgan fingerprint density at radius 2 is 1.56 bits per heavy atom. The van der Waals surface area contributed by atoms with Crippen molar-refractivity contribution >= 4 is 32.9 Å². The highest BCUT2D eigenvalue weighted by Gasteiger charge is 2.14. The van der Waals surface area contributed by atoms with Crippen molar-refractivity contribution in [2.24, 2.45) is 0 Å². The lowest BCUT2D eigenvalue weighted by atomic mass is 9.99. The van der Waals surface area contributed by atoms with Gasteiger partial charge in [-0.2, -0.15) is 0 Å². The van der Waals surface area contributed by atoms with Gasteiger partial charge in [-0.3, -0.25) is 0 Å². The molecule has 0 saturated heterocycles. The van der Waals surface area contributed by atoms with E-state index in [1.807, 2.05) is 0 Å². The first-order valence-corrected chi connectivity index (χ1v) is 5.51. The molecule has 3 aromatic carbocycles. The highest BCUT2D eigenvalue weighted by atomic mass is 16.3. The van der Waals surface area contributed by atoms with Crippen LogP contribution in [-0.2, 0) is 0 Å². The minimum absolute atomic E-state index is 0.0446. The van der Waals surface area contributed by atoms with Crippen LogP contribution in [0.2, 0.25) is 0 Å². The average Bonchev–Trinajstić information content (AvgIpc) is 2.35. The molecule has 0 radical (unpaired) electrons. The minimum atomic E-state index is 0.0446. The number of fused-ring (bicyclic) bond motifs is 2. The van der Waals surface area contributed by atoms with Crippen LogP contribution in [0.25, 0.3) is 21.5 Å². The standard InChI is InChI=1S/C14H12N2O2/c15-7-4-5-8-10(6-7)14(18)12-9(13(8)17)2-1-3-11(12)16/h1-6,17-18H,15-16H2. The van der Waals surface area contributed by atoms with E-state index in [1.165, 1.54) is 0 Å². The Hall–Kier alpha value is -2.62. The second-order valence-electron chi connectivity index (χ2n) is 4.27. The van der Waals surface area contributed by atoms with Gasteiger partial charge in [0, 0.05) is 27.5 Å². The van der Waals surface area contributed by atoms with Gasteiger partial charge in [0.2, 0.25) is 0 Å². The van der Waals surface area contributed by atoms with Gasteiger partial charge in [-0.1, -0.05) is 12.1 Å². The first-order chi connectivity index (χ1) is 8.59. The Morgan fingerprint density at radius 3 is 2.33 bits per heavy atom. The molecule has 6 N–H and O–H groups in total. The molecule has 0 unspecified atom stereocenters. The summed E-state index contributed by atoms with van der Waals surface area (Å²) in [6.07, 6.45) is 0. The maximum Gasteiger partial charge on any atom is 0.133 e. The lowest BCUT2D eigenvalue weighted by Gasteiger charge is -2.11. The van der Waals surface area contributed by atoms with Crippen molar-refractivity contribution in [1.29, 1.82) is 0 Å². The predicted molar refractivity (Wildman–Crippen MR) is 73.6 cm³/mol. The normalized spacial score (nSPS) is 11.1. The van der Waals surface area contributed by atoms with E-state index in [2.05, 4.69) is 0 Å². The van der Waals surface area contributed by atoms with Crippen LogP contribution in [0.3, 0.4) is 0 Å². The summed E-state index contributed by atoms with van der Waals surface area (Å²) in [5, 5.41) is 22.6. The van der Waals surface area contributed by atoms with Crippen LogP contribution in [0, 0.1) is 0 Å². The quantitative estimate of drug-likeness (QED) is 0.276. The van der Waals surface area contributed by atoms with E-state index < -0.39 is 0 Å². The highest BCUT2D eigenvalue weighted by Crippen LogP contribution is 2.43. The molecule has 0 aliphatic heterocycles.